The smallest absolute Gasteiger partial charge is 0.247 e. The molecular weight excluding hydrogens is 492 g/mol. The van der Waals surface area contributed by atoms with Crippen LogP contribution in [-0.4, -0.2) is 131 Å². The molecule has 0 aliphatic carbocycles. The highest BCUT2D eigenvalue weighted by Gasteiger charge is 2.71. The summed E-state index contributed by atoms with van der Waals surface area (Å²) in [6.45, 7) is 9.24. The van der Waals surface area contributed by atoms with Gasteiger partial charge < -0.3 is 24.5 Å². The van der Waals surface area contributed by atoms with E-state index in [-0.39, 0.29) is 35.5 Å². The van der Waals surface area contributed by atoms with Crippen LogP contribution in [0.4, 0.5) is 0 Å². The van der Waals surface area contributed by atoms with E-state index < -0.39 is 28.7 Å². The maximum atomic E-state index is 14.4. The van der Waals surface area contributed by atoms with Gasteiger partial charge in [-0.25, -0.2) is 0 Å². The van der Waals surface area contributed by atoms with Gasteiger partial charge in [-0.2, -0.15) is 0 Å². The van der Waals surface area contributed by atoms with Gasteiger partial charge in [0.15, 0.2) is 0 Å². The molecule has 1 unspecified atom stereocenters. The van der Waals surface area contributed by atoms with Crippen molar-refractivity contribution >= 4 is 29.5 Å². The first-order valence-electron chi connectivity index (χ1n) is 13.6. The van der Waals surface area contributed by atoms with Gasteiger partial charge in [-0.3, -0.25) is 19.3 Å². The van der Waals surface area contributed by atoms with Crippen molar-refractivity contribution in [3.63, 3.8) is 0 Å². The van der Waals surface area contributed by atoms with E-state index in [4.69, 9.17) is 4.74 Å². The van der Waals surface area contributed by atoms with Crippen LogP contribution in [0.2, 0.25) is 0 Å². The van der Waals surface area contributed by atoms with Crippen LogP contribution in [0.1, 0.15) is 20.3 Å². The Morgan fingerprint density at radius 3 is 2.57 bits per heavy atom. The fraction of sp³-hybridized carbons (Fsp3) is 0.741. The molecule has 3 amide bonds. The lowest BCUT2D eigenvalue weighted by Crippen LogP contribution is -2.58. The minimum Gasteiger partial charge on any atom is -0.394 e. The third kappa shape index (κ3) is 4.43. The fourth-order valence-electron chi connectivity index (χ4n) is 6.71. The van der Waals surface area contributed by atoms with Gasteiger partial charge in [0.05, 0.1) is 42.4 Å². The summed E-state index contributed by atoms with van der Waals surface area (Å²) in [4.78, 5) is 49.8. The molecule has 0 aromatic carbocycles. The summed E-state index contributed by atoms with van der Waals surface area (Å²) in [5, 5.41) is 10.3. The number of amides is 3. The topological polar surface area (TPSA) is 93.6 Å². The summed E-state index contributed by atoms with van der Waals surface area (Å²) in [5.74, 6) is -1.44. The molecular formula is C27H40N4O5S. The van der Waals surface area contributed by atoms with Crippen molar-refractivity contribution in [3.8, 4) is 0 Å². The first kappa shape index (κ1) is 26.7. The molecule has 7 atom stereocenters. The molecule has 5 aliphatic rings. The summed E-state index contributed by atoms with van der Waals surface area (Å²) < 4.78 is 4.63. The van der Waals surface area contributed by atoms with E-state index in [0.717, 1.165) is 26.1 Å². The molecule has 3 fully saturated rings. The number of aliphatic hydroxyl groups is 1. The predicted molar refractivity (Wildman–Crippen MR) is 142 cm³/mol. The second-order valence-electron chi connectivity index (χ2n) is 11.0. The van der Waals surface area contributed by atoms with Crippen LogP contribution in [0.25, 0.3) is 0 Å². The van der Waals surface area contributed by atoms with E-state index in [1.54, 1.807) is 28.6 Å². The predicted octanol–water partition coefficient (Wildman–Crippen LogP) is 0.450. The molecule has 0 aromatic rings. The molecule has 9 nitrogen and oxygen atoms in total. The number of thioether (sulfide) groups is 1. The number of fused-ring (bicyclic) bond motifs is 2. The summed E-state index contributed by atoms with van der Waals surface area (Å²) in [5.41, 5.74) is 0. The number of likely N-dealkylation sites (tertiary alicyclic amines) is 1. The van der Waals surface area contributed by atoms with Gasteiger partial charge in [0.25, 0.3) is 0 Å². The van der Waals surface area contributed by atoms with Crippen molar-refractivity contribution in [2.24, 2.45) is 17.8 Å². The SMILES string of the molecule is CC[C@H](C)[C@H](CO)N1C(=O)[C@@H]2[C@H]3C(=O)N(C)CC=C[C@H]3S[C@@]23C=CCN(CCN2CCOCC2)C(=O)C13. The van der Waals surface area contributed by atoms with Gasteiger partial charge in [0, 0.05) is 51.6 Å². The van der Waals surface area contributed by atoms with Crippen LogP contribution in [0, 0.1) is 17.8 Å². The van der Waals surface area contributed by atoms with Crippen molar-refractivity contribution < 1.29 is 24.2 Å². The van der Waals surface area contributed by atoms with Crippen molar-refractivity contribution in [2.75, 3.05) is 66.1 Å². The zero-order valence-electron chi connectivity index (χ0n) is 22.1. The van der Waals surface area contributed by atoms with Crippen LogP contribution in [0.5, 0.6) is 0 Å². The zero-order valence-corrected chi connectivity index (χ0v) is 22.9. The molecule has 0 bridgehead atoms. The number of hydrogen-bond donors (Lipinski definition) is 1. The lowest BCUT2D eigenvalue weighted by Gasteiger charge is -2.40. The van der Waals surface area contributed by atoms with E-state index in [9.17, 15) is 19.5 Å². The van der Waals surface area contributed by atoms with E-state index >= 15 is 0 Å². The van der Waals surface area contributed by atoms with E-state index in [2.05, 4.69) is 17.1 Å². The van der Waals surface area contributed by atoms with Crippen LogP contribution in [0.15, 0.2) is 24.3 Å². The van der Waals surface area contributed by atoms with Crippen molar-refractivity contribution in [1.29, 1.82) is 0 Å². The number of rotatable bonds is 7. The molecule has 1 N–H and O–H groups in total. The number of likely N-dealkylation sites (N-methyl/N-ethyl adjacent to an activating group) is 1. The van der Waals surface area contributed by atoms with Crippen molar-refractivity contribution in [1.82, 2.24) is 19.6 Å². The van der Waals surface area contributed by atoms with Crippen molar-refractivity contribution in [3.05, 3.63) is 24.3 Å². The lowest BCUT2D eigenvalue weighted by atomic mass is 9.78. The van der Waals surface area contributed by atoms with Crippen LogP contribution in [-0.2, 0) is 19.1 Å². The quantitative estimate of drug-likeness (QED) is 0.476. The Morgan fingerprint density at radius 1 is 1.11 bits per heavy atom. The molecule has 5 heterocycles. The second-order valence-corrected chi connectivity index (χ2v) is 12.5. The summed E-state index contributed by atoms with van der Waals surface area (Å²) >= 11 is 1.60. The largest absolute Gasteiger partial charge is 0.394 e. The summed E-state index contributed by atoms with van der Waals surface area (Å²) in [6.07, 6.45) is 8.90. The molecule has 0 saturated carbocycles. The summed E-state index contributed by atoms with van der Waals surface area (Å²) in [7, 11) is 1.77. The van der Waals surface area contributed by atoms with Gasteiger partial charge in [0.2, 0.25) is 17.7 Å². The number of morpholine rings is 1. The Morgan fingerprint density at radius 2 is 1.86 bits per heavy atom. The molecule has 10 heteroatoms. The molecule has 5 aliphatic heterocycles. The first-order chi connectivity index (χ1) is 17.8. The Labute approximate surface area is 223 Å². The number of aliphatic hydroxyl groups excluding tert-OH is 1. The standard InChI is InChI=1S/C27H40N4O5S/c1-4-18(2)19(17-32)31-23-26(35)30(12-11-29-13-15-36-16-14-29)10-6-8-27(23)22(25(31)34)21-20(37-27)7-5-9-28(3)24(21)33/h5-8,18-23,32H,4,9-17H2,1-3H3/t18-,19-,20+,21-,22-,23?,27-/m0/s1. The second kappa shape index (κ2) is 10.7. The van der Waals surface area contributed by atoms with Crippen LogP contribution < -0.4 is 0 Å². The Balaban J connectivity index is 1.53. The average Bonchev–Trinajstić information content (AvgIpc) is 3.23. The Kier molecular flexibility index (Phi) is 7.73. The van der Waals surface area contributed by atoms with Crippen LogP contribution in [0.3, 0.4) is 0 Å². The third-order valence-corrected chi connectivity index (χ3v) is 10.8. The maximum absolute atomic E-state index is 14.4. The first-order valence-corrected chi connectivity index (χ1v) is 14.5. The van der Waals surface area contributed by atoms with Gasteiger partial charge in [-0.1, -0.05) is 44.6 Å². The van der Waals surface area contributed by atoms with Gasteiger partial charge in [-0.15, -0.1) is 11.8 Å². The number of carbonyl (C=O) groups excluding carboxylic acids is 3. The minimum absolute atomic E-state index is 0.0138. The molecule has 37 heavy (non-hydrogen) atoms. The van der Waals surface area contributed by atoms with E-state index in [1.807, 2.05) is 30.9 Å². The molecule has 5 rings (SSSR count). The Bertz CT molecular complexity index is 968. The van der Waals surface area contributed by atoms with Crippen LogP contribution >= 0.6 is 11.8 Å². The lowest BCUT2D eigenvalue weighted by molar-refractivity contribution is -0.147. The third-order valence-electron chi connectivity index (χ3n) is 9.02. The number of ether oxygens (including phenoxy) is 1. The number of hydrogen-bond acceptors (Lipinski definition) is 7. The monoisotopic (exact) mass is 532 g/mol. The number of carbonyl (C=O) groups is 3. The normalized spacial score (nSPS) is 35.8. The maximum Gasteiger partial charge on any atom is 0.247 e. The van der Waals surface area contributed by atoms with Gasteiger partial charge >= 0.3 is 0 Å². The highest BCUT2D eigenvalue weighted by Crippen LogP contribution is 2.61. The Hall–Kier alpha value is -1.88. The fourth-order valence-corrected chi connectivity index (χ4v) is 8.70. The highest BCUT2D eigenvalue weighted by atomic mass is 32.2. The van der Waals surface area contributed by atoms with Crippen molar-refractivity contribution in [2.45, 2.75) is 42.3 Å². The molecule has 1 spiro atoms. The highest BCUT2D eigenvalue weighted by molar-refractivity contribution is 8.02. The van der Waals surface area contributed by atoms with Gasteiger partial charge in [-0.05, 0) is 5.92 Å². The van der Waals surface area contributed by atoms with E-state index in [1.165, 1.54) is 0 Å². The number of nitrogens with zero attached hydrogens (tertiary/aromatic N) is 4. The molecule has 0 radical (unpaired) electrons. The van der Waals surface area contributed by atoms with E-state index in [0.29, 0.717) is 32.8 Å². The minimum atomic E-state index is -0.837. The molecule has 3 saturated heterocycles. The summed E-state index contributed by atoms with van der Waals surface area (Å²) in [6, 6.07) is -1.22. The molecule has 204 valence electrons. The average molecular weight is 533 g/mol. The van der Waals surface area contributed by atoms with Gasteiger partial charge in [0.1, 0.15) is 6.04 Å². The molecule has 0 aromatic heterocycles. The zero-order chi connectivity index (χ0) is 26.3.